The van der Waals surface area contributed by atoms with Gasteiger partial charge in [0, 0.05) is 29.2 Å². The Hall–Kier alpha value is -2.57. The van der Waals surface area contributed by atoms with Crippen molar-refractivity contribution in [3.8, 4) is 5.69 Å². The molecule has 4 rings (SSSR count). The molecule has 2 aromatic carbocycles. The maximum Gasteiger partial charge on any atom is 0.228 e. The first-order chi connectivity index (χ1) is 13.6. The first-order valence-electron chi connectivity index (χ1n) is 9.35. The van der Waals surface area contributed by atoms with E-state index < -0.39 is 5.41 Å². The zero-order valence-electron chi connectivity index (χ0n) is 15.8. The molecule has 0 aliphatic carbocycles. The zero-order valence-corrected chi connectivity index (χ0v) is 16.6. The van der Waals surface area contributed by atoms with E-state index in [1.807, 2.05) is 36.1 Å². The minimum absolute atomic E-state index is 0.267. The van der Waals surface area contributed by atoms with E-state index in [2.05, 4.69) is 41.5 Å². The van der Waals surface area contributed by atoms with Crippen LogP contribution in [0.25, 0.3) is 5.69 Å². The second-order valence-electron chi connectivity index (χ2n) is 7.14. The third kappa shape index (κ3) is 3.70. The second kappa shape index (κ2) is 7.81. The van der Waals surface area contributed by atoms with Crippen molar-refractivity contribution in [1.82, 2.24) is 9.78 Å². The highest BCUT2D eigenvalue weighted by atomic mass is 32.2. The minimum Gasteiger partial charge on any atom is -0.381 e. The smallest absolute Gasteiger partial charge is 0.228 e. The van der Waals surface area contributed by atoms with Crippen molar-refractivity contribution in [3.05, 3.63) is 72.1 Å². The molecule has 1 aliphatic rings. The Balaban J connectivity index is 1.56. The number of amides is 1. The summed E-state index contributed by atoms with van der Waals surface area (Å²) >= 11 is 1.67. The molecule has 1 saturated heterocycles. The number of carbonyl (C=O) groups is 1. The number of hydrogen-bond donors (Lipinski definition) is 1. The molecule has 1 aromatic heterocycles. The van der Waals surface area contributed by atoms with Crippen LogP contribution in [0.2, 0.25) is 0 Å². The topological polar surface area (TPSA) is 70.1 Å². The van der Waals surface area contributed by atoms with E-state index in [9.17, 15) is 4.79 Å². The van der Waals surface area contributed by atoms with E-state index in [1.54, 1.807) is 11.8 Å². The summed E-state index contributed by atoms with van der Waals surface area (Å²) in [4.78, 5) is 14.5. The number of carbonyl (C=O) groups excluding carboxylic acids is 1. The summed E-state index contributed by atoms with van der Waals surface area (Å²) in [6.45, 7) is 3.15. The molecular formula is C22H23N3O2S. The summed E-state index contributed by atoms with van der Waals surface area (Å²) < 4.78 is 7.32. The molecule has 6 heteroatoms. The molecule has 2 heterocycles. The van der Waals surface area contributed by atoms with E-state index in [0.717, 1.165) is 26.6 Å². The van der Waals surface area contributed by atoms with Crippen molar-refractivity contribution in [2.24, 2.45) is 5.73 Å². The van der Waals surface area contributed by atoms with Crippen molar-refractivity contribution in [2.75, 3.05) is 13.2 Å². The van der Waals surface area contributed by atoms with Gasteiger partial charge in [0.25, 0.3) is 0 Å². The Morgan fingerprint density at radius 3 is 2.54 bits per heavy atom. The van der Waals surface area contributed by atoms with Gasteiger partial charge in [-0.05, 0) is 67.3 Å². The molecule has 1 fully saturated rings. The quantitative estimate of drug-likeness (QED) is 0.714. The first-order valence-corrected chi connectivity index (χ1v) is 10.2. The van der Waals surface area contributed by atoms with Gasteiger partial charge in [-0.2, -0.15) is 5.10 Å². The molecule has 144 valence electrons. The summed E-state index contributed by atoms with van der Waals surface area (Å²) in [5.41, 5.74) is 8.32. The van der Waals surface area contributed by atoms with Crippen LogP contribution in [-0.2, 0) is 14.9 Å². The number of primary amides is 1. The summed E-state index contributed by atoms with van der Waals surface area (Å²) in [5.74, 6) is -0.267. The van der Waals surface area contributed by atoms with Crippen LogP contribution in [0.1, 0.15) is 24.0 Å². The third-order valence-corrected chi connectivity index (χ3v) is 6.25. The van der Waals surface area contributed by atoms with Crippen LogP contribution in [0.3, 0.4) is 0 Å². The molecule has 0 unspecified atom stereocenters. The molecule has 0 saturated carbocycles. The van der Waals surface area contributed by atoms with Gasteiger partial charge in [-0.3, -0.25) is 4.79 Å². The van der Waals surface area contributed by atoms with Gasteiger partial charge in [0.15, 0.2) is 0 Å². The van der Waals surface area contributed by atoms with Crippen LogP contribution < -0.4 is 5.73 Å². The van der Waals surface area contributed by atoms with Gasteiger partial charge in [0.2, 0.25) is 5.91 Å². The summed E-state index contributed by atoms with van der Waals surface area (Å²) in [6, 6.07) is 16.4. The minimum atomic E-state index is -0.628. The number of aromatic nitrogens is 2. The normalized spacial score (nSPS) is 16.0. The molecule has 0 spiro atoms. The van der Waals surface area contributed by atoms with Crippen molar-refractivity contribution >= 4 is 17.7 Å². The average molecular weight is 394 g/mol. The summed E-state index contributed by atoms with van der Waals surface area (Å²) in [6.07, 6.45) is 5.12. The largest absolute Gasteiger partial charge is 0.381 e. The lowest BCUT2D eigenvalue weighted by Crippen LogP contribution is -2.45. The molecule has 1 amide bonds. The lowest BCUT2D eigenvalue weighted by molar-refractivity contribution is -0.127. The highest BCUT2D eigenvalue weighted by molar-refractivity contribution is 7.99. The number of aryl methyl sites for hydroxylation is 1. The highest BCUT2D eigenvalue weighted by Gasteiger charge is 2.40. The Morgan fingerprint density at radius 1 is 1.14 bits per heavy atom. The van der Waals surface area contributed by atoms with Gasteiger partial charge in [0.1, 0.15) is 0 Å². The predicted molar refractivity (Wildman–Crippen MR) is 110 cm³/mol. The van der Waals surface area contributed by atoms with E-state index in [-0.39, 0.29) is 5.91 Å². The fraction of sp³-hybridized carbons (Fsp3) is 0.273. The molecular weight excluding hydrogens is 370 g/mol. The predicted octanol–water partition coefficient (Wildman–Crippen LogP) is 3.87. The number of ether oxygens (including phenoxy) is 1. The molecule has 28 heavy (non-hydrogen) atoms. The third-order valence-electron chi connectivity index (χ3n) is 5.25. The van der Waals surface area contributed by atoms with Crippen LogP contribution in [0.4, 0.5) is 0 Å². The maximum atomic E-state index is 12.3. The lowest BCUT2D eigenvalue weighted by Gasteiger charge is -2.34. The zero-order chi connectivity index (χ0) is 19.6. The summed E-state index contributed by atoms with van der Waals surface area (Å²) in [7, 11) is 0. The molecule has 0 radical (unpaired) electrons. The van der Waals surface area contributed by atoms with Gasteiger partial charge in [0.05, 0.1) is 17.3 Å². The maximum absolute atomic E-state index is 12.3. The highest BCUT2D eigenvalue weighted by Crippen LogP contribution is 2.37. The van der Waals surface area contributed by atoms with E-state index in [4.69, 9.17) is 10.5 Å². The Kier molecular flexibility index (Phi) is 5.24. The van der Waals surface area contributed by atoms with Crippen molar-refractivity contribution in [2.45, 2.75) is 35.0 Å². The average Bonchev–Trinajstić information content (AvgIpc) is 3.15. The molecule has 2 N–H and O–H groups in total. The number of benzene rings is 2. The van der Waals surface area contributed by atoms with Crippen LogP contribution in [0.15, 0.2) is 70.7 Å². The van der Waals surface area contributed by atoms with Gasteiger partial charge < -0.3 is 10.5 Å². The Bertz CT molecular complexity index is 975. The number of rotatable bonds is 5. The Morgan fingerprint density at radius 2 is 1.89 bits per heavy atom. The van der Waals surface area contributed by atoms with Gasteiger partial charge in [-0.1, -0.05) is 23.9 Å². The fourth-order valence-corrected chi connectivity index (χ4v) is 4.49. The molecule has 0 atom stereocenters. The van der Waals surface area contributed by atoms with Crippen LogP contribution >= 0.6 is 11.8 Å². The van der Waals surface area contributed by atoms with Gasteiger partial charge >= 0.3 is 0 Å². The number of nitrogens with zero attached hydrogens (tertiary/aromatic N) is 2. The molecule has 1 aliphatic heterocycles. The van der Waals surface area contributed by atoms with E-state index >= 15 is 0 Å². The van der Waals surface area contributed by atoms with E-state index in [1.165, 1.54) is 0 Å². The molecule has 3 aromatic rings. The van der Waals surface area contributed by atoms with Crippen LogP contribution in [-0.4, -0.2) is 28.9 Å². The SMILES string of the molecule is Cc1cnn(-c2ccc(Sc3cccc(C4(C(N)=O)CCOCC4)c3)cc2)c1. The second-order valence-corrected chi connectivity index (χ2v) is 8.29. The van der Waals surface area contributed by atoms with Crippen molar-refractivity contribution in [1.29, 1.82) is 0 Å². The van der Waals surface area contributed by atoms with Crippen molar-refractivity contribution < 1.29 is 9.53 Å². The monoisotopic (exact) mass is 393 g/mol. The van der Waals surface area contributed by atoms with E-state index in [0.29, 0.717) is 26.1 Å². The van der Waals surface area contributed by atoms with Gasteiger partial charge in [-0.25, -0.2) is 4.68 Å². The molecule has 0 bridgehead atoms. The van der Waals surface area contributed by atoms with Gasteiger partial charge in [-0.15, -0.1) is 0 Å². The molecule has 5 nitrogen and oxygen atoms in total. The van der Waals surface area contributed by atoms with Crippen molar-refractivity contribution in [3.63, 3.8) is 0 Å². The summed E-state index contributed by atoms with van der Waals surface area (Å²) in [5, 5.41) is 4.34. The fourth-order valence-electron chi connectivity index (χ4n) is 3.61. The van der Waals surface area contributed by atoms with Crippen LogP contribution in [0.5, 0.6) is 0 Å². The first kappa shape index (κ1) is 18.8. The number of nitrogens with two attached hydrogens (primary N) is 1. The standard InChI is InChI=1S/C22H23N3O2S/c1-16-14-24-25(15-16)18-5-7-19(8-6-18)28-20-4-2-3-17(13-20)22(21(23)26)9-11-27-12-10-22/h2-8,13-15H,9-12H2,1H3,(H2,23,26). The lowest BCUT2D eigenvalue weighted by atomic mass is 9.73. The Labute approximate surface area is 168 Å². The number of hydrogen-bond acceptors (Lipinski definition) is 4. The van der Waals surface area contributed by atoms with Crippen LogP contribution in [0, 0.1) is 6.92 Å².